The van der Waals surface area contributed by atoms with E-state index in [4.69, 9.17) is 5.11 Å². The molecule has 3 rings (SSSR count). The van der Waals surface area contributed by atoms with Crippen molar-refractivity contribution in [3.63, 3.8) is 0 Å². The third-order valence-corrected chi connectivity index (χ3v) is 4.22. The molecule has 112 valence electrons. The monoisotopic (exact) mass is 293 g/mol. The zero-order valence-electron chi connectivity index (χ0n) is 11.4. The Bertz CT molecular complexity index is 593. The molecule has 0 radical (unpaired) electrons. The van der Waals surface area contributed by atoms with Gasteiger partial charge >= 0.3 is 5.97 Å². The van der Waals surface area contributed by atoms with Crippen LogP contribution in [0.2, 0.25) is 0 Å². The number of amides is 1. The highest BCUT2D eigenvalue weighted by atomic mass is 19.1. The maximum atomic E-state index is 14.2. The Labute approximate surface area is 121 Å². The summed E-state index contributed by atoms with van der Waals surface area (Å²) >= 11 is 0. The van der Waals surface area contributed by atoms with E-state index in [0.717, 1.165) is 18.9 Å². The number of nitrogens with zero attached hydrogens (tertiary/aromatic N) is 2. The lowest BCUT2D eigenvalue weighted by Gasteiger charge is -2.41. The van der Waals surface area contributed by atoms with Crippen LogP contribution in [0.15, 0.2) is 12.3 Å². The van der Waals surface area contributed by atoms with Gasteiger partial charge in [0.2, 0.25) is 5.91 Å². The fraction of sp³-hybridized carbons (Fsp3) is 0.500. The second-order valence-electron chi connectivity index (χ2n) is 5.51. The van der Waals surface area contributed by atoms with Crippen molar-refractivity contribution >= 4 is 17.7 Å². The average molecular weight is 293 g/mol. The first-order valence-electron chi connectivity index (χ1n) is 6.98. The maximum Gasteiger partial charge on any atom is 0.338 e. The Balaban J connectivity index is 1.81. The second-order valence-corrected chi connectivity index (χ2v) is 5.51. The molecule has 0 bridgehead atoms. The van der Waals surface area contributed by atoms with Crippen molar-refractivity contribution in [2.24, 2.45) is 5.92 Å². The van der Waals surface area contributed by atoms with Crippen LogP contribution in [0.1, 0.15) is 29.6 Å². The lowest BCUT2D eigenvalue weighted by atomic mass is 9.85. The minimum atomic E-state index is -1.30. The standard InChI is InChI=1S/C14H16FN3O3/c15-12-9(14(20)21)3-5-16-13(12)18-6-4-10-8(7-18)1-2-11(19)17-10/h3,5,8,10H,1-2,4,6-7H2,(H,17,19)(H,20,21). The number of carboxylic acids is 1. The highest BCUT2D eigenvalue weighted by Gasteiger charge is 2.35. The molecule has 0 aromatic carbocycles. The fourth-order valence-electron chi connectivity index (χ4n) is 3.12. The summed E-state index contributed by atoms with van der Waals surface area (Å²) in [6.45, 7) is 1.13. The Kier molecular flexibility index (Phi) is 3.48. The van der Waals surface area contributed by atoms with Gasteiger partial charge in [0.25, 0.3) is 0 Å². The molecule has 2 saturated heterocycles. The summed E-state index contributed by atoms with van der Waals surface area (Å²) in [7, 11) is 0. The molecule has 1 aromatic rings. The van der Waals surface area contributed by atoms with Gasteiger partial charge in [-0.3, -0.25) is 4.79 Å². The zero-order chi connectivity index (χ0) is 15.0. The number of fused-ring (bicyclic) bond motifs is 1. The fourth-order valence-corrected chi connectivity index (χ4v) is 3.12. The van der Waals surface area contributed by atoms with Gasteiger partial charge in [-0.05, 0) is 24.8 Å². The van der Waals surface area contributed by atoms with Crippen LogP contribution in [0.5, 0.6) is 0 Å². The van der Waals surface area contributed by atoms with Gasteiger partial charge in [0.15, 0.2) is 11.6 Å². The predicted molar refractivity (Wildman–Crippen MR) is 72.6 cm³/mol. The summed E-state index contributed by atoms with van der Waals surface area (Å²) in [5.74, 6) is -1.67. The quantitative estimate of drug-likeness (QED) is 0.851. The third-order valence-electron chi connectivity index (χ3n) is 4.22. The van der Waals surface area contributed by atoms with Gasteiger partial charge in [0.1, 0.15) is 5.56 Å². The number of aromatic carboxylic acids is 1. The first-order chi connectivity index (χ1) is 10.1. The minimum Gasteiger partial charge on any atom is -0.478 e. The van der Waals surface area contributed by atoms with Crippen LogP contribution in [0.25, 0.3) is 0 Å². The van der Waals surface area contributed by atoms with E-state index in [1.807, 2.05) is 0 Å². The molecule has 2 aliphatic heterocycles. The largest absolute Gasteiger partial charge is 0.478 e. The molecule has 0 saturated carbocycles. The third kappa shape index (κ3) is 2.55. The smallest absolute Gasteiger partial charge is 0.338 e. The van der Waals surface area contributed by atoms with Gasteiger partial charge in [0.05, 0.1) is 0 Å². The van der Waals surface area contributed by atoms with Crippen molar-refractivity contribution in [1.82, 2.24) is 10.3 Å². The highest BCUT2D eigenvalue weighted by molar-refractivity contribution is 5.88. The number of halogens is 1. The van der Waals surface area contributed by atoms with E-state index in [2.05, 4.69) is 10.3 Å². The molecule has 1 aromatic heterocycles. The van der Waals surface area contributed by atoms with E-state index in [-0.39, 0.29) is 29.2 Å². The number of anilines is 1. The predicted octanol–water partition coefficient (Wildman–Crippen LogP) is 1.02. The van der Waals surface area contributed by atoms with E-state index < -0.39 is 11.8 Å². The SMILES string of the molecule is O=C1CCC2CN(c3nccc(C(=O)O)c3F)CCC2N1. The topological polar surface area (TPSA) is 82.5 Å². The molecule has 2 unspecified atom stereocenters. The number of carboxylic acid groups (broad SMARTS) is 1. The Morgan fingerprint density at radius 2 is 2.29 bits per heavy atom. The Hall–Kier alpha value is -2.18. The number of nitrogens with one attached hydrogen (secondary N) is 1. The van der Waals surface area contributed by atoms with Crippen LogP contribution < -0.4 is 10.2 Å². The number of carbonyl (C=O) groups excluding carboxylic acids is 1. The van der Waals surface area contributed by atoms with Crippen molar-refractivity contribution < 1.29 is 19.1 Å². The van der Waals surface area contributed by atoms with Gasteiger partial charge in [0, 0.05) is 31.7 Å². The number of hydrogen-bond acceptors (Lipinski definition) is 4. The first-order valence-corrected chi connectivity index (χ1v) is 6.98. The number of piperidine rings is 2. The summed E-state index contributed by atoms with van der Waals surface area (Å²) in [5.41, 5.74) is -0.362. The average Bonchev–Trinajstić information content (AvgIpc) is 2.46. The number of hydrogen-bond donors (Lipinski definition) is 2. The van der Waals surface area contributed by atoms with Gasteiger partial charge in [-0.25, -0.2) is 14.2 Å². The molecular formula is C14H16FN3O3. The summed E-state index contributed by atoms with van der Waals surface area (Å²) < 4.78 is 14.2. The summed E-state index contributed by atoms with van der Waals surface area (Å²) in [5, 5.41) is 11.9. The van der Waals surface area contributed by atoms with Gasteiger partial charge in [-0.15, -0.1) is 0 Å². The molecule has 2 aliphatic rings. The van der Waals surface area contributed by atoms with Crippen LogP contribution in [-0.4, -0.2) is 41.1 Å². The number of rotatable bonds is 2. The van der Waals surface area contributed by atoms with E-state index in [1.54, 1.807) is 4.90 Å². The molecule has 7 heteroatoms. The van der Waals surface area contributed by atoms with Gasteiger partial charge in [-0.1, -0.05) is 0 Å². The van der Waals surface area contributed by atoms with E-state index in [9.17, 15) is 14.0 Å². The normalized spacial score (nSPS) is 25.2. The van der Waals surface area contributed by atoms with E-state index in [1.165, 1.54) is 6.20 Å². The molecule has 21 heavy (non-hydrogen) atoms. The Morgan fingerprint density at radius 1 is 1.48 bits per heavy atom. The van der Waals surface area contributed by atoms with Crippen LogP contribution in [0.4, 0.5) is 10.2 Å². The lowest BCUT2D eigenvalue weighted by molar-refractivity contribution is -0.124. The molecule has 2 fully saturated rings. The Morgan fingerprint density at radius 3 is 3.05 bits per heavy atom. The van der Waals surface area contributed by atoms with E-state index in [0.29, 0.717) is 19.5 Å². The minimum absolute atomic E-state index is 0.0712. The van der Waals surface area contributed by atoms with Crippen LogP contribution >= 0.6 is 0 Å². The molecular weight excluding hydrogens is 277 g/mol. The van der Waals surface area contributed by atoms with Crippen molar-refractivity contribution in [2.45, 2.75) is 25.3 Å². The van der Waals surface area contributed by atoms with Gasteiger partial charge < -0.3 is 15.3 Å². The maximum absolute atomic E-state index is 14.2. The molecule has 0 aliphatic carbocycles. The molecule has 2 N–H and O–H groups in total. The van der Waals surface area contributed by atoms with Gasteiger partial charge in [-0.2, -0.15) is 0 Å². The van der Waals surface area contributed by atoms with Crippen molar-refractivity contribution in [2.75, 3.05) is 18.0 Å². The van der Waals surface area contributed by atoms with Crippen molar-refractivity contribution in [1.29, 1.82) is 0 Å². The summed E-state index contributed by atoms with van der Waals surface area (Å²) in [6.07, 6.45) is 3.29. The van der Waals surface area contributed by atoms with Crippen LogP contribution in [0.3, 0.4) is 0 Å². The molecule has 2 atom stereocenters. The summed E-state index contributed by atoms with van der Waals surface area (Å²) in [4.78, 5) is 28.1. The van der Waals surface area contributed by atoms with Crippen molar-refractivity contribution in [3.8, 4) is 0 Å². The molecule has 3 heterocycles. The first kappa shape index (κ1) is 13.8. The molecule has 6 nitrogen and oxygen atoms in total. The second kappa shape index (κ2) is 5.31. The molecule has 1 amide bonds. The zero-order valence-corrected chi connectivity index (χ0v) is 11.4. The highest BCUT2D eigenvalue weighted by Crippen LogP contribution is 2.29. The van der Waals surface area contributed by atoms with Crippen molar-refractivity contribution in [3.05, 3.63) is 23.6 Å². The van der Waals surface area contributed by atoms with Crippen LogP contribution in [-0.2, 0) is 4.79 Å². The summed E-state index contributed by atoms with van der Waals surface area (Å²) in [6, 6.07) is 1.29. The van der Waals surface area contributed by atoms with Crippen LogP contribution in [0, 0.1) is 11.7 Å². The van der Waals surface area contributed by atoms with E-state index >= 15 is 0 Å². The lowest BCUT2D eigenvalue weighted by Crippen LogP contribution is -2.54. The molecule has 0 spiro atoms. The number of aromatic nitrogens is 1. The number of carbonyl (C=O) groups is 2. The number of pyridine rings is 1.